The number of halogens is 1. The van der Waals surface area contributed by atoms with Gasteiger partial charge in [0.1, 0.15) is 6.10 Å². The van der Waals surface area contributed by atoms with Crippen LogP contribution in [0.2, 0.25) is 0 Å². The molecule has 0 radical (unpaired) electrons. The Bertz CT molecular complexity index is 481. The number of hydrogen-bond acceptors (Lipinski definition) is 5. The smallest absolute Gasteiger partial charge is 0.293 e. The molecule has 1 aromatic carbocycles. The van der Waals surface area contributed by atoms with Crippen LogP contribution in [-0.4, -0.2) is 43.7 Å². The molecule has 0 aliphatic carbocycles. The zero-order valence-electron chi connectivity index (χ0n) is 11.3. The van der Waals surface area contributed by atoms with E-state index in [1.165, 1.54) is 25.1 Å². The van der Waals surface area contributed by atoms with Crippen molar-refractivity contribution < 1.29 is 23.8 Å². The predicted octanol–water partition coefficient (Wildman–Crippen LogP) is 0.645. The Morgan fingerprint density at radius 3 is 2.85 bits per heavy atom. The maximum absolute atomic E-state index is 13.3. The maximum atomic E-state index is 13.3. The zero-order valence-corrected chi connectivity index (χ0v) is 11.3. The normalized spacial score (nSPS) is 11.6. The van der Waals surface area contributed by atoms with Crippen LogP contribution in [0, 0.1) is 5.82 Å². The van der Waals surface area contributed by atoms with Crippen molar-refractivity contribution in [3.63, 3.8) is 0 Å². The van der Waals surface area contributed by atoms with Crippen molar-refractivity contribution in [3.05, 3.63) is 24.0 Å². The van der Waals surface area contributed by atoms with Crippen molar-refractivity contribution in [1.29, 1.82) is 0 Å². The summed E-state index contributed by atoms with van der Waals surface area (Å²) in [5, 5.41) is 11.7. The zero-order chi connectivity index (χ0) is 15.1. The van der Waals surface area contributed by atoms with Gasteiger partial charge in [-0.1, -0.05) is 0 Å². The molecule has 0 aliphatic rings. The first-order chi connectivity index (χ1) is 9.43. The van der Waals surface area contributed by atoms with Crippen LogP contribution < -0.4 is 10.2 Å². The summed E-state index contributed by atoms with van der Waals surface area (Å²) in [6.07, 6.45) is -0.557. The van der Waals surface area contributed by atoms with Gasteiger partial charge in [-0.05, 0) is 12.1 Å². The average Bonchev–Trinajstić information content (AvgIpc) is 2.39. The summed E-state index contributed by atoms with van der Waals surface area (Å²) >= 11 is 0. The molecule has 20 heavy (non-hydrogen) atoms. The Hall–Kier alpha value is -2.31. The number of anilines is 1. The predicted molar refractivity (Wildman–Crippen MR) is 71.0 cm³/mol. The number of phenols is 1. The fourth-order valence-electron chi connectivity index (χ4n) is 1.64. The second-order valence-electron chi connectivity index (χ2n) is 4.31. The van der Waals surface area contributed by atoms with Crippen molar-refractivity contribution >= 4 is 18.1 Å². The van der Waals surface area contributed by atoms with Crippen LogP contribution in [0.15, 0.2) is 18.2 Å². The van der Waals surface area contributed by atoms with E-state index in [0.717, 1.165) is 0 Å². The molecule has 7 heteroatoms. The third-order valence-electron chi connectivity index (χ3n) is 2.68. The molecule has 0 bridgehead atoms. The molecule has 1 aromatic rings. The first kappa shape index (κ1) is 15.7. The Balaban J connectivity index is 2.68. The van der Waals surface area contributed by atoms with Crippen molar-refractivity contribution in [2.24, 2.45) is 0 Å². The van der Waals surface area contributed by atoms with E-state index < -0.39 is 17.7 Å². The number of carbonyl (C=O) groups excluding carboxylic acids is 2. The third kappa shape index (κ3) is 4.75. The van der Waals surface area contributed by atoms with Gasteiger partial charge >= 0.3 is 0 Å². The van der Waals surface area contributed by atoms with Gasteiger partial charge in [-0.15, -0.1) is 0 Å². The molecule has 0 fully saturated rings. The van der Waals surface area contributed by atoms with Gasteiger partial charge in [-0.25, -0.2) is 4.39 Å². The van der Waals surface area contributed by atoms with Gasteiger partial charge in [0.2, 0.25) is 5.91 Å². The van der Waals surface area contributed by atoms with E-state index in [9.17, 15) is 14.0 Å². The maximum Gasteiger partial charge on any atom is 0.293 e. The molecule has 0 saturated heterocycles. The molecule has 1 amide bonds. The van der Waals surface area contributed by atoms with E-state index >= 15 is 0 Å². The minimum absolute atomic E-state index is 0.166. The van der Waals surface area contributed by atoms with Crippen LogP contribution in [0.1, 0.15) is 6.92 Å². The molecule has 1 unspecified atom stereocenters. The molecule has 2 N–H and O–H groups in total. The van der Waals surface area contributed by atoms with Crippen molar-refractivity contribution in [2.45, 2.75) is 13.0 Å². The highest BCUT2D eigenvalue weighted by atomic mass is 19.1. The Morgan fingerprint density at radius 2 is 2.30 bits per heavy atom. The van der Waals surface area contributed by atoms with Crippen LogP contribution in [0.3, 0.4) is 0 Å². The van der Waals surface area contributed by atoms with Crippen molar-refractivity contribution in [3.8, 4) is 5.75 Å². The molecule has 0 heterocycles. The lowest BCUT2D eigenvalue weighted by molar-refractivity contribution is -0.134. The molecular formula is C13H17FN2O4. The number of aromatic hydroxyl groups is 1. The van der Waals surface area contributed by atoms with Crippen molar-refractivity contribution in [2.75, 3.05) is 25.0 Å². The van der Waals surface area contributed by atoms with Crippen LogP contribution >= 0.6 is 0 Å². The van der Waals surface area contributed by atoms with Crippen LogP contribution in [-0.2, 0) is 14.3 Å². The number of carbonyl (C=O) groups is 2. The number of ether oxygens (including phenoxy) is 1. The number of rotatable bonds is 7. The van der Waals surface area contributed by atoms with E-state index in [4.69, 9.17) is 9.84 Å². The Kier molecular flexibility index (Phi) is 5.76. The molecule has 1 rings (SSSR count). The Morgan fingerprint density at radius 1 is 1.60 bits per heavy atom. The monoisotopic (exact) mass is 284 g/mol. The van der Waals surface area contributed by atoms with Crippen LogP contribution in [0.25, 0.3) is 0 Å². The summed E-state index contributed by atoms with van der Waals surface area (Å²) in [6, 6.07) is 3.95. The summed E-state index contributed by atoms with van der Waals surface area (Å²) < 4.78 is 18.1. The highest BCUT2D eigenvalue weighted by molar-refractivity contribution is 5.72. The second kappa shape index (κ2) is 7.32. The van der Waals surface area contributed by atoms with E-state index in [-0.39, 0.29) is 19.0 Å². The Labute approximate surface area is 116 Å². The number of likely N-dealkylation sites (N-methyl/N-ethyl adjacent to an activating group) is 1. The van der Waals surface area contributed by atoms with Crippen molar-refractivity contribution in [1.82, 2.24) is 5.32 Å². The minimum Gasteiger partial charge on any atom is -0.505 e. The summed E-state index contributed by atoms with van der Waals surface area (Å²) in [5.74, 6) is -1.40. The van der Waals surface area contributed by atoms with Gasteiger partial charge in [0.25, 0.3) is 6.47 Å². The summed E-state index contributed by atoms with van der Waals surface area (Å²) in [4.78, 5) is 22.9. The number of hydrogen-bond donors (Lipinski definition) is 2. The first-order valence-corrected chi connectivity index (χ1v) is 5.97. The van der Waals surface area contributed by atoms with E-state index in [2.05, 4.69) is 5.32 Å². The summed E-state index contributed by atoms with van der Waals surface area (Å²) in [6.45, 7) is 2.09. The quantitative estimate of drug-likeness (QED) is 0.719. The highest BCUT2D eigenvalue weighted by Gasteiger charge is 2.14. The SMILES string of the molecule is CC(=O)NCC(CN(C)c1ccc(O)c(F)c1)OC=O. The number of nitrogens with one attached hydrogen (secondary N) is 1. The number of amides is 1. The highest BCUT2D eigenvalue weighted by Crippen LogP contribution is 2.21. The molecule has 0 spiro atoms. The summed E-state index contributed by atoms with van der Waals surface area (Å²) in [5.41, 5.74) is 0.516. The molecule has 6 nitrogen and oxygen atoms in total. The number of nitrogens with zero attached hydrogens (tertiary/aromatic N) is 1. The largest absolute Gasteiger partial charge is 0.505 e. The van der Waals surface area contributed by atoms with Crippen LogP contribution in [0.5, 0.6) is 5.75 Å². The van der Waals surface area contributed by atoms with E-state index in [1.807, 2.05) is 0 Å². The second-order valence-corrected chi connectivity index (χ2v) is 4.31. The summed E-state index contributed by atoms with van der Waals surface area (Å²) in [7, 11) is 1.68. The molecular weight excluding hydrogens is 267 g/mol. The van der Waals surface area contributed by atoms with E-state index in [0.29, 0.717) is 12.2 Å². The van der Waals surface area contributed by atoms with Gasteiger partial charge < -0.3 is 20.1 Å². The number of benzene rings is 1. The topological polar surface area (TPSA) is 78.9 Å². The van der Waals surface area contributed by atoms with Gasteiger partial charge in [0, 0.05) is 25.7 Å². The average molecular weight is 284 g/mol. The van der Waals surface area contributed by atoms with Gasteiger partial charge in [0.05, 0.1) is 13.1 Å². The lowest BCUT2D eigenvalue weighted by atomic mass is 10.2. The fourth-order valence-corrected chi connectivity index (χ4v) is 1.64. The lowest BCUT2D eigenvalue weighted by Crippen LogP contribution is -2.39. The van der Waals surface area contributed by atoms with Gasteiger partial charge in [-0.2, -0.15) is 0 Å². The molecule has 0 aliphatic heterocycles. The third-order valence-corrected chi connectivity index (χ3v) is 2.68. The standard InChI is InChI=1S/C13H17FN2O4/c1-9(18)15-6-11(20-8-17)7-16(2)10-3-4-13(19)12(14)5-10/h3-5,8,11,19H,6-7H2,1-2H3,(H,15,18). The van der Waals surface area contributed by atoms with Gasteiger partial charge in [0.15, 0.2) is 11.6 Å². The molecule has 1 atom stereocenters. The minimum atomic E-state index is -0.732. The first-order valence-electron chi connectivity index (χ1n) is 5.97. The fraction of sp³-hybridized carbons (Fsp3) is 0.385. The lowest BCUT2D eigenvalue weighted by Gasteiger charge is -2.24. The number of phenolic OH excluding ortho intramolecular Hbond substituents is 1. The van der Waals surface area contributed by atoms with E-state index in [1.54, 1.807) is 11.9 Å². The van der Waals surface area contributed by atoms with Gasteiger partial charge in [-0.3, -0.25) is 9.59 Å². The molecule has 0 saturated carbocycles. The van der Waals surface area contributed by atoms with Crippen LogP contribution in [0.4, 0.5) is 10.1 Å². The molecule has 110 valence electrons. The molecule has 0 aromatic heterocycles.